The standard InChI is InChI=1S/C13H9BrCl2O2S/c14-9-3-1-2-8(4-9)6-18-7-11(17)10-5-12(15)19-13(10)16/h1-5H,6-7H2. The van der Waals surface area contributed by atoms with E-state index in [1.165, 1.54) is 11.3 Å². The SMILES string of the molecule is O=C(COCc1cccc(Br)c1)c1cc(Cl)sc1Cl. The zero-order valence-corrected chi connectivity index (χ0v) is 13.6. The average molecular weight is 380 g/mol. The maximum Gasteiger partial charge on any atom is 0.190 e. The van der Waals surface area contributed by atoms with Gasteiger partial charge in [-0.25, -0.2) is 0 Å². The molecule has 0 unspecified atom stereocenters. The second-order valence-corrected chi connectivity index (χ2v) is 6.99. The van der Waals surface area contributed by atoms with Crippen molar-refractivity contribution < 1.29 is 9.53 Å². The van der Waals surface area contributed by atoms with Gasteiger partial charge in [-0.3, -0.25) is 4.79 Å². The molecule has 19 heavy (non-hydrogen) atoms. The topological polar surface area (TPSA) is 26.3 Å². The number of Topliss-reactive ketones (excluding diaryl/α,β-unsaturated/α-hetero) is 1. The molecular formula is C13H9BrCl2O2S. The Hall–Kier alpha value is -0.390. The summed E-state index contributed by atoms with van der Waals surface area (Å²) in [7, 11) is 0. The Labute approximate surface area is 133 Å². The van der Waals surface area contributed by atoms with E-state index in [1.807, 2.05) is 24.3 Å². The smallest absolute Gasteiger partial charge is 0.190 e. The van der Waals surface area contributed by atoms with Crippen molar-refractivity contribution in [3.05, 3.63) is 54.6 Å². The minimum absolute atomic E-state index is 0.0146. The number of benzene rings is 1. The lowest BCUT2D eigenvalue weighted by molar-refractivity contribution is 0.0727. The highest BCUT2D eigenvalue weighted by molar-refractivity contribution is 9.10. The Kier molecular flexibility index (Phi) is 5.42. The average Bonchev–Trinajstić information content (AvgIpc) is 2.68. The van der Waals surface area contributed by atoms with Crippen LogP contribution in [0.2, 0.25) is 8.67 Å². The quantitative estimate of drug-likeness (QED) is 0.666. The summed E-state index contributed by atoms with van der Waals surface area (Å²) in [5.41, 5.74) is 1.42. The third kappa shape index (κ3) is 4.29. The molecule has 0 aliphatic heterocycles. The third-order valence-electron chi connectivity index (χ3n) is 2.35. The molecule has 1 aromatic carbocycles. The van der Waals surface area contributed by atoms with Gasteiger partial charge in [0.15, 0.2) is 5.78 Å². The minimum atomic E-state index is -0.164. The molecule has 0 aliphatic rings. The highest BCUT2D eigenvalue weighted by atomic mass is 79.9. The molecule has 0 fully saturated rings. The van der Waals surface area contributed by atoms with Crippen LogP contribution in [-0.2, 0) is 11.3 Å². The van der Waals surface area contributed by atoms with Gasteiger partial charge in [0.25, 0.3) is 0 Å². The first kappa shape index (κ1) is 15.0. The fourth-order valence-corrected chi connectivity index (χ4v) is 3.44. The lowest BCUT2D eigenvalue weighted by Gasteiger charge is -2.04. The number of hydrogen-bond acceptors (Lipinski definition) is 3. The number of ketones is 1. The molecular weight excluding hydrogens is 371 g/mol. The summed E-state index contributed by atoms with van der Waals surface area (Å²) >= 11 is 16.3. The van der Waals surface area contributed by atoms with Crippen molar-refractivity contribution in [1.82, 2.24) is 0 Å². The highest BCUT2D eigenvalue weighted by Crippen LogP contribution is 2.31. The Balaban J connectivity index is 1.89. The number of carbonyl (C=O) groups excluding carboxylic acids is 1. The van der Waals surface area contributed by atoms with Gasteiger partial charge < -0.3 is 4.74 Å². The van der Waals surface area contributed by atoms with Gasteiger partial charge in [0.05, 0.1) is 16.5 Å². The lowest BCUT2D eigenvalue weighted by Crippen LogP contribution is -2.08. The molecule has 2 aromatic rings. The largest absolute Gasteiger partial charge is 0.369 e. The van der Waals surface area contributed by atoms with Gasteiger partial charge in [-0.1, -0.05) is 51.3 Å². The molecule has 1 heterocycles. The summed E-state index contributed by atoms with van der Waals surface area (Å²) in [6.45, 7) is 0.361. The van der Waals surface area contributed by atoms with Crippen LogP contribution in [0.5, 0.6) is 0 Å². The third-order valence-corrected chi connectivity index (χ3v) is 4.33. The van der Waals surface area contributed by atoms with Gasteiger partial charge in [-0.2, -0.15) is 0 Å². The maximum atomic E-state index is 11.9. The molecule has 6 heteroatoms. The monoisotopic (exact) mass is 378 g/mol. The van der Waals surface area contributed by atoms with Gasteiger partial charge in [-0.15, -0.1) is 11.3 Å². The number of ether oxygens (including phenoxy) is 1. The fourth-order valence-electron chi connectivity index (χ4n) is 1.50. The van der Waals surface area contributed by atoms with E-state index in [-0.39, 0.29) is 12.4 Å². The van der Waals surface area contributed by atoms with Crippen LogP contribution < -0.4 is 0 Å². The summed E-state index contributed by atoms with van der Waals surface area (Å²) in [5.74, 6) is -0.164. The van der Waals surface area contributed by atoms with Gasteiger partial charge in [0.1, 0.15) is 10.9 Å². The summed E-state index contributed by atoms with van der Waals surface area (Å²) in [6.07, 6.45) is 0. The predicted octanol–water partition coefficient (Wildman–Crippen LogP) is 5.22. The zero-order chi connectivity index (χ0) is 13.8. The summed E-state index contributed by atoms with van der Waals surface area (Å²) < 4.78 is 7.27. The van der Waals surface area contributed by atoms with Crippen LogP contribution in [-0.4, -0.2) is 12.4 Å². The van der Waals surface area contributed by atoms with Crippen LogP contribution in [0.4, 0.5) is 0 Å². The molecule has 0 aliphatic carbocycles. The molecule has 0 saturated heterocycles. The van der Waals surface area contributed by atoms with Crippen molar-refractivity contribution in [2.45, 2.75) is 6.61 Å². The van der Waals surface area contributed by atoms with E-state index in [0.717, 1.165) is 10.0 Å². The normalized spacial score (nSPS) is 10.7. The summed E-state index contributed by atoms with van der Waals surface area (Å²) in [5, 5.41) is 0. The molecule has 100 valence electrons. The second-order valence-electron chi connectivity index (χ2n) is 3.78. The number of hydrogen-bond donors (Lipinski definition) is 0. The van der Waals surface area contributed by atoms with Gasteiger partial charge in [0.2, 0.25) is 0 Å². The first-order valence-corrected chi connectivity index (χ1v) is 7.73. The fraction of sp³-hybridized carbons (Fsp3) is 0.154. The molecule has 2 rings (SSSR count). The number of halogens is 3. The van der Waals surface area contributed by atoms with Crippen molar-refractivity contribution in [3.8, 4) is 0 Å². The van der Waals surface area contributed by atoms with Gasteiger partial charge in [0, 0.05) is 4.47 Å². The van der Waals surface area contributed by atoms with E-state index < -0.39 is 0 Å². The molecule has 0 atom stereocenters. The number of rotatable bonds is 5. The van der Waals surface area contributed by atoms with Crippen molar-refractivity contribution in [2.24, 2.45) is 0 Å². The van der Waals surface area contributed by atoms with E-state index >= 15 is 0 Å². The van der Waals surface area contributed by atoms with Crippen molar-refractivity contribution >= 4 is 56.3 Å². The molecule has 0 N–H and O–H groups in total. The molecule has 0 amide bonds. The summed E-state index contributed by atoms with van der Waals surface area (Å²) in [6, 6.07) is 9.30. The first-order valence-electron chi connectivity index (χ1n) is 5.36. The minimum Gasteiger partial charge on any atom is -0.369 e. The Bertz CT molecular complexity index is 598. The van der Waals surface area contributed by atoms with Gasteiger partial charge >= 0.3 is 0 Å². The first-order chi connectivity index (χ1) is 9.06. The van der Waals surface area contributed by atoms with Crippen LogP contribution in [0, 0.1) is 0 Å². The summed E-state index contributed by atoms with van der Waals surface area (Å²) in [4.78, 5) is 11.9. The molecule has 0 saturated carbocycles. The van der Waals surface area contributed by atoms with Crippen LogP contribution in [0.1, 0.15) is 15.9 Å². The molecule has 1 aromatic heterocycles. The molecule has 2 nitrogen and oxygen atoms in total. The highest BCUT2D eigenvalue weighted by Gasteiger charge is 2.14. The van der Waals surface area contributed by atoms with Crippen LogP contribution in [0.3, 0.4) is 0 Å². The predicted molar refractivity (Wildman–Crippen MR) is 82.5 cm³/mol. The van der Waals surface area contributed by atoms with E-state index in [4.69, 9.17) is 27.9 Å². The number of carbonyl (C=O) groups is 1. The lowest BCUT2D eigenvalue weighted by atomic mass is 10.2. The van der Waals surface area contributed by atoms with Crippen LogP contribution >= 0.6 is 50.5 Å². The second kappa shape index (κ2) is 6.86. The zero-order valence-electron chi connectivity index (χ0n) is 9.66. The molecule has 0 spiro atoms. The number of thiophene rings is 1. The van der Waals surface area contributed by atoms with Crippen LogP contribution in [0.15, 0.2) is 34.8 Å². The molecule has 0 radical (unpaired) electrons. The van der Waals surface area contributed by atoms with Crippen LogP contribution in [0.25, 0.3) is 0 Å². The van der Waals surface area contributed by atoms with Gasteiger partial charge in [-0.05, 0) is 23.8 Å². The van der Waals surface area contributed by atoms with Crippen molar-refractivity contribution in [2.75, 3.05) is 6.61 Å². The van der Waals surface area contributed by atoms with E-state index in [2.05, 4.69) is 15.9 Å². The van der Waals surface area contributed by atoms with Crippen molar-refractivity contribution in [3.63, 3.8) is 0 Å². The van der Waals surface area contributed by atoms with E-state index in [0.29, 0.717) is 20.8 Å². The Morgan fingerprint density at radius 1 is 1.32 bits per heavy atom. The maximum absolute atomic E-state index is 11.9. The van der Waals surface area contributed by atoms with E-state index in [9.17, 15) is 4.79 Å². The van der Waals surface area contributed by atoms with E-state index in [1.54, 1.807) is 6.07 Å². The van der Waals surface area contributed by atoms with Crippen molar-refractivity contribution in [1.29, 1.82) is 0 Å². The molecule has 0 bridgehead atoms. The Morgan fingerprint density at radius 3 is 2.74 bits per heavy atom. The Morgan fingerprint density at radius 2 is 2.11 bits per heavy atom.